The molecule has 0 aliphatic carbocycles. The van der Waals surface area contributed by atoms with Crippen molar-refractivity contribution in [3.05, 3.63) is 28.4 Å². The van der Waals surface area contributed by atoms with E-state index in [0.717, 1.165) is 16.8 Å². The summed E-state index contributed by atoms with van der Waals surface area (Å²) in [6.45, 7) is 0. The fourth-order valence-electron chi connectivity index (χ4n) is 1.46. The molecule has 108 valence electrons. The van der Waals surface area contributed by atoms with E-state index in [9.17, 15) is 17.2 Å². The largest absolute Gasteiger partial charge is 0.397 e. The van der Waals surface area contributed by atoms with Crippen LogP contribution in [-0.2, 0) is 17.1 Å². The Morgan fingerprint density at radius 1 is 1.40 bits per heavy atom. The molecule has 0 bridgehead atoms. The van der Waals surface area contributed by atoms with Gasteiger partial charge in [0.1, 0.15) is 5.69 Å². The fraction of sp³-hybridized carbons (Fsp3) is 0.111. The van der Waals surface area contributed by atoms with Crippen molar-refractivity contribution in [1.29, 1.82) is 0 Å². The number of benzene rings is 1. The van der Waals surface area contributed by atoms with Gasteiger partial charge in [-0.2, -0.15) is 8.42 Å². The Morgan fingerprint density at radius 3 is 2.60 bits per heavy atom. The van der Waals surface area contributed by atoms with E-state index in [1.54, 1.807) is 0 Å². The average Bonchev–Trinajstić information content (AvgIpc) is 2.70. The highest BCUT2D eigenvalue weighted by Gasteiger charge is 2.26. The Labute approximate surface area is 120 Å². The minimum Gasteiger partial charge on any atom is -0.397 e. The van der Waals surface area contributed by atoms with E-state index < -0.39 is 27.3 Å². The van der Waals surface area contributed by atoms with Crippen molar-refractivity contribution < 1.29 is 17.2 Å². The first-order valence-electron chi connectivity index (χ1n) is 5.05. The number of anilines is 2. The molecule has 11 heteroatoms. The van der Waals surface area contributed by atoms with Gasteiger partial charge in [0, 0.05) is 7.05 Å². The average molecular weight is 368 g/mol. The molecule has 1 aromatic heterocycles. The lowest BCUT2D eigenvalue weighted by atomic mass is 10.2. The second-order valence-corrected chi connectivity index (χ2v) is 6.09. The van der Waals surface area contributed by atoms with Gasteiger partial charge in [-0.15, -0.1) is 5.10 Å². The van der Waals surface area contributed by atoms with Gasteiger partial charge in [-0.25, -0.2) is 13.5 Å². The van der Waals surface area contributed by atoms with Gasteiger partial charge in [-0.3, -0.25) is 4.72 Å². The summed E-state index contributed by atoms with van der Waals surface area (Å²) < 4.78 is 53.8. The van der Waals surface area contributed by atoms with Gasteiger partial charge < -0.3 is 5.73 Å². The van der Waals surface area contributed by atoms with E-state index in [0.29, 0.717) is 0 Å². The third-order valence-corrected chi connectivity index (χ3v) is 4.59. The number of aryl methyl sites for hydroxylation is 1. The van der Waals surface area contributed by atoms with Crippen LogP contribution in [0.3, 0.4) is 0 Å². The first-order chi connectivity index (χ1) is 9.24. The number of sulfonamides is 1. The minimum atomic E-state index is -4.24. The van der Waals surface area contributed by atoms with Gasteiger partial charge in [0.25, 0.3) is 10.0 Å². The monoisotopic (exact) mass is 367 g/mol. The van der Waals surface area contributed by atoms with Gasteiger partial charge in [-0.05, 0) is 28.1 Å². The summed E-state index contributed by atoms with van der Waals surface area (Å²) in [6.07, 6.45) is 0. The molecular weight excluding hydrogens is 360 g/mol. The molecule has 0 fully saturated rings. The van der Waals surface area contributed by atoms with Crippen molar-refractivity contribution >= 4 is 37.3 Å². The number of nitrogens with one attached hydrogen (secondary N) is 1. The van der Waals surface area contributed by atoms with Crippen molar-refractivity contribution in [1.82, 2.24) is 15.0 Å². The molecule has 0 amide bonds. The molecule has 0 aliphatic heterocycles. The van der Waals surface area contributed by atoms with Crippen LogP contribution in [0.4, 0.5) is 20.2 Å². The maximum absolute atomic E-state index is 13.6. The smallest absolute Gasteiger partial charge is 0.282 e. The fourth-order valence-corrected chi connectivity index (χ4v) is 3.65. The predicted octanol–water partition coefficient (Wildman–Crippen LogP) is 1.24. The molecule has 0 spiro atoms. The normalized spacial score (nSPS) is 11.6. The van der Waals surface area contributed by atoms with Crippen molar-refractivity contribution in [2.75, 3.05) is 10.5 Å². The van der Waals surface area contributed by atoms with Crippen LogP contribution >= 0.6 is 15.9 Å². The lowest BCUT2D eigenvalue weighted by molar-refractivity contribution is 0.512. The van der Waals surface area contributed by atoms with Gasteiger partial charge in [0.15, 0.2) is 16.2 Å². The Morgan fingerprint density at radius 2 is 2.05 bits per heavy atom. The number of nitrogens with two attached hydrogens (primary N) is 1. The molecule has 7 nitrogen and oxygen atoms in total. The lowest BCUT2D eigenvalue weighted by Gasteiger charge is -2.11. The number of rotatable bonds is 3. The van der Waals surface area contributed by atoms with Gasteiger partial charge in [-0.1, -0.05) is 5.21 Å². The van der Waals surface area contributed by atoms with Crippen molar-refractivity contribution in [3.8, 4) is 0 Å². The quantitative estimate of drug-likeness (QED) is 0.794. The van der Waals surface area contributed by atoms with Crippen LogP contribution in [0.5, 0.6) is 0 Å². The maximum Gasteiger partial charge on any atom is 0.282 e. The Hall–Kier alpha value is -1.75. The summed E-state index contributed by atoms with van der Waals surface area (Å²) in [5.41, 5.74) is 4.52. The SMILES string of the molecule is Cn1nnc(Br)c1S(=O)(=O)Nc1c(N)ccc(F)c1F. The van der Waals surface area contributed by atoms with Crippen LogP contribution in [0.2, 0.25) is 0 Å². The molecule has 0 atom stereocenters. The van der Waals surface area contributed by atoms with Crippen LogP contribution in [0.25, 0.3) is 0 Å². The first-order valence-corrected chi connectivity index (χ1v) is 7.33. The molecule has 20 heavy (non-hydrogen) atoms. The zero-order chi connectivity index (χ0) is 15.1. The molecule has 2 aromatic rings. The molecule has 0 radical (unpaired) electrons. The molecule has 3 N–H and O–H groups in total. The molecule has 1 heterocycles. The van der Waals surface area contributed by atoms with Crippen LogP contribution in [0.1, 0.15) is 0 Å². The lowest BCUT2D eigenvalue weighted by Crippen LogP contribution is -2.19. The van der Waals surface area contributed by atoms with Crippen molar-refractivity contribution in [2.24, 2.45) is 7.05 Å². The first kappa shape index (κ1) is 14.7. The molecule has 0 saturated carbocycles. The van der Waals surface area contributed by atoms with Crippen molar-refractivity contribution in [2.45, 2.75) is 5.03 Å². The summed E-state index contributed by atoms with van der Waals surface area (Å²) >= 11 is 2.91. The highest BCUT2D eigenvalue weighted by molar-refractivity contribution is 9.10. The van der Waals surface area contributed by atoms with Crippen LogP contribution in [0, 0.1) is 11.6 Å². The van der Waals surface area contributed by atoms with Crippen LogP contribution in [-0.4, -0.2) is 23.4 Å². The van der Waals surface area contributed by atoms with E-state index in [2.05, 4.69) is 26.2 Å². The number of nitrogens with zero attached hydrogens (tertiary/aromatic N) is 3. The summed E-state index contributed by atoms with van der Waals surface area (Å²) in [6, 6.07) is 1.84. The second kappa shape index (κ2) is 4.98. The van der Waals surface area contributed by atoms with E-state index in [4.69, 9.17) is 5.73 Å². The standard InChI is InChI=1S/C9H8BrF2N5O2S/c1-17-9(8(10)14-16-17)20(18,19)15-7-5(13)3-2-4(11)6(7)12/h2-3,15H,13H2,1H3. The third kappa shape index (κ3) is 2.45. The molecule has 1 aromatic carbocycles. The summed E-state index contributed by atoms with van der Waals surface area (Å²) in [7, 11) is -2.91. The molecule has 2 rings (SSSR count). The van der Waals surface area contributed by atoms with E-state index in [-0.39, 0.29) is 15.3 Å². The van der Waals surface area contributed by atoms with E-state index >= 15 is 0 Å². The highest BCUT2D eigenvalue weighted by atomic mass is 79.9. The summed E-state index contributed by atoms with van der Waals surface area (Å²) in [5.74, 6) is -2.61. The highest BCUT2D eigenvalue weighted by Crippen LogP contribution is 2.28. The number of hydrogen-bond donors (Lipinski definition) is 2. The third-order valence-electron chi connectivity index (χ3n) is 2.36. The van der Waals surface area contributed by atoms with Crippen LogP contribution < -0.4 is 10.5 Å². The summed E-state index contributed by atoms with van der Waals surface area (Å²) in [5, 5.41) is 6.64. The number of nitrogen functional groups attached to an aromatic ring is 1. The molecule has 0 unspecified atom stereocenters. The minimum absolute atomic E-state index is 0.0668. The zero-order valence-corrected chi connectivity index (χ0v) is 12.3. The Bertz CT molecular complexity index is 757. The number of hydrogen-bond acceptors (Lipinski definition) is 5. The van der Waals surface area contributed by atoms with Gasteiger partial charge in [0.2, 0.25) is 5.03 Å². The molecular formula is C9H8BrF2N5O2S. The Balaban J connectivity index is 2.53. The van der Waals surface area contributed by atoms with Crippen LogP contribution in [0.15, 0.2) is 21.8 Å². The summed E-state index contributed by atoms with van der Waals surface area (Å²) in [4.78, 5) is 0. The Kier molecular flexibility index (Phi) is 3.65. The maximum atomic E-state index is 13.6. The topological polar surface area (TPSA) is 103 Å². The van der Waals surface area contributed by atoms with Gasteiger partial charge in [0.05, 0.1) is 5.69 Å². The predicted molar refractivity (Wildman–Crippen MR) is 70.3 cm³/mol. The second-order valence-electron chi connectivity index (χ2n) is 3.74. The molecule has 0 saturated heterocycles. The van der Waals surface area contributed by atoms with E-state index in [1.165, 1.54) is 7.05 Å². The van der Waals surface area contributed by atoms with Gasteiger partial charge >= 0.3 is 0 Å². The van der Waals surface area contributed by atoms with E-state index in [1.807, 2.05) is 4.72 Å². The number of aromatic nitrogens is 3. The van der Waals surface area contributed by atoms with Crippen molar-refractivity contribution in [3.63, 3.8) is 0 Å². The zero-order valence-electron chi connectivity index (χ0n) is 9.93. The molecule has 0 aliphatic rings. The number of halogens is 3.